The maximum atomic E-state index is 12.1. The summed E-state index contributed by atoms with van der Waals surface area (Å²) in [4.78, 5) is 0. The first-order valence-corrected chi connectivity index (χ1v) is 16.6. The van der Waals surface area contributed by atoms with E-state index in [2.05, 4.69) is 0 Å². The minimum Gasteiger partial charge on any atom is -0.508 e. The van der Waals surface area contributed by atoms with Gasteiger partial charge in [0.15, 0.2) is 0 Å². The average molecular weight is 681 g/mol. The molecule has 254 valence electrons. The topological polar surface area (TPSA) is 171 Å². The highest BCUT2D eigenvalue weighted by Crippen LogP contribution is 2.70. The summed E-state index contributed by atoms with van der Waals surface area (Å²) < 4.78 is 6.70. The van der Waals surface area contributed by atoms with E-state index in [0.29, 0.717) is 28.0 Å². The summed E-state index contributed by atoms with van der Waals surface area (Å²) in [6.45, 7) is 0. The smallest absolute Gasteiger partial charge is 0.135 e. The Morgan fingerprint density at radius 3 is 1.47 bits per heavy atom. The highest BCUT2D eigenvalue weighted by molar-refractivity contribution is 5.72. The molecule has 0 aromatic heterocycles. The summed E-state index contributed by atoms with van der Waals surface area (Å²) in [5, 5.41) is 87.5. The van der Waals surface area contributed by atoms with Crippen LogP contribution in [0.4, 0.5) is 0 Å². The van der Waals surface area contributed by atoms with Gasteiger partial charge in [0.25, 0.3) is 0 Å². The highest BCUT2D eigenvalue weighted by atomic mass is 16.5. The van der Waals surface area contributed by atoms with E-state index in [1.807, 2.05) is 12.1 Å². The Bertz CT molecular complexity index is 2330. The first-order chi connectivity index (χ1) is 24.6. The lowest BCUT2D eigenvalue weighted by molar-refractivity contribution is 0.221. The van der Waals surface area contributed by atoms with Crippen LogP contribution in [-0.4, -0.2) is 40.9 Å². The number of fused-ring (bicyclic) bond motifs is 2. The van der Waals surface area contributed by atoms with Crippen molar-refractivity contribution in [2.45, 2.75) is 35.7 Å². The number of phenols is 8. The lowest BCUT2D eigenvalue weighted by atomic mass is 9.69. The predicted molar refractivity (Wildman–Crippen MR) is 186 cm³/mol. The van der Waals surface area contributed by atoms with Crippen molar-refractivity contribution >= 4 is 0 Å². The van der Waals surface area contributed by atoms with Crippen LogP contribution in [-0.2, 0) is 0 Å². The Balaban J connectivity index is 1.44. The molecule has 51 heavy (non-hydrogen) atoms. The van der Waals surface area contributed by atoms with E-state index < -0.39 is 35.7 Å². The maximum absolute atomic E-state index is 12.1. The van der Waals surface area contributed by atoms with Crippen LogP contribution < -0.4 is 4.74 Å². The number of rotatable bonds is 4. The van der Waals surface area contributed by atoms with E-state index in [9.17, 15) is 40.9 Å². The molecule has 1 aliphatic heterocycles. The van der Waals surface area contributed by atoms with Crippen molar-refractivity contribution in [2.24, 2.45) is 0 Å². The van der Waals surface area contributed by atoms with E-state index in [4.69, 9.17) is 4.74 Å². The van der Waals surface area contributed by atoms with Gasteiger partial charge < -0.3 is 45.6 Å². The van der Waals surface area contributed by atoms with Crippen molar-refractivity contribution in [3.05, 3.63) is 159 Å². The van der Waals surface area contributed by atoms with Crippen molar-refractivity contribution in [2.75, 3.05) is 0 Å². The Labute approximate surface area is 291 Å². The van der Waals surface area contributed by atoms with Crippen LogP contribution in [0.25, 0.3) is 0 Å². The van der Waals surface area contributed by atoms with E-state index in [-0.39, 0.29) is 46.0 Å². The van der Waals surface area contributed by atoms with Crippen LogP contribution in [0.3, 0.4) is 0 Å². The molecule has 0 saturated carbocycles. The van der Waals surface area contributed by atoms with Gasteiger partial charge in [-0.1, -0.05) is 36.4 Å². The third-order valence-electron chi connectivity index (χ3n) is 10.9. The van der Waals surface area contributed by atoms with Crippen LogP contribution in [0.15, 0.2) is 109 Å². The van der Waals surface area contributed by atoms with Gasteiger partial charge in [0.2, 0.25) is 0 Å². The summed E-state index contributed by atoms with van der Waals surface area (Å²) >= 11 is 0. The number of phenolic OH excluding ortho intramolecular Hbond substituents is 8. The van der Waals surface area contributed by atoms with Gasteiger partial charge in [0.05, 0.1) is 5.92 Å². The van der Waals surface area contributed by atoms with Gasteiger partial charge in [-0.25, -0.2) is 0 Å². The van der Waals surface area contributed by atoms with E-state index in [1.54, 1.807) is 84.9 Å². The van der Waals surface area contributed by atoms with E-state index in [1.165, 1.54) is 12.1 Å². The maximum Gasteiger partial charge on any atom is 0.135 e. The van der Waals surface area contributed by atoms with Crippen molar-refractivity contribution in [3.8, 4) is 51.7 Å². The van der Waals surface area contributed by atoms with Crippen LogP contribution in [0, 0.1) is 0 Å². The van der Waals surface area contributed by atoms with Gasteiger partial charge in [0.1, 0.15) is 57.8 Å². The van der Waals surface area contributed by atoms with Crippen molar-refractivity contribution in [1.82, 2.24) is 0 Å². The first-order valence-electron chi connectivity index (χ1n) is 16.6. The molecule has 9 nitrogen and oxygen atoms in total. The lowest BCUT2D eigenvalue weighted by Crippen LogP contribution is -2.20. The zero-order chi connectivity index (χ0) is 35.3. The number of ether oxygens (including phenoxy) is 1. The molecule has 8 N–H and O–H groups in total. The molecule has 0 bridgehead atoms. The molecule has 1 heterocycles. The molecular weight excluding hydrogens is 648 g/mol. The number of aromatic hydroxyl groups is 8. The largest absolute Gasteiger partial charge is 0.508 e. The fourth-order valence-corrected chi connectivity index (χ4v) is 9.08. The van der Waals surface area contributed by atoms with E-state index in [0.717, 1.165) is 27.8 Å². The zero-order valence-electron chi connectivity index (χ0n) is 26.8. The summed E-state index contributed by atoms with van der Waals surface area (Å²) in [5.41, 5.74) is 6.00. The SMILES string of the molecule is Oc1ccc([C@H]2c3c(O)cc(O)cc3[C@@H]3c4c(cc(O)c5c4[C@@H]2[C@@H](c2ccc(O)cc2)[C@@H]5c2cc(O)cc(O)c2)O[C@@H]3c2ccc(O)cc2)cc1. The molecule has 0 radical (unpaired) electrons. The van der Waals surface area contributed by atoms with Crippen molar-refractivity contribution in [1.29, 1.82) is 0 Å². The second-order valence-corrected chi connectivity index (χ2v) is 13.7. The van der Waals surface area contributed by atoms with Gasteiger partial charge >= 0.3 is 0 Å². The highest BCUT2D eigenvalue weighted by Gasteiger charge is 2.56. The normalized spacial score (nSPS) is 22.5. The summed E-state index contributed by atoms with van der Waals surface area (Å²) in [6.07, 6.45) is -0.693. The molecule has 3 aliphatic rings. The second-order valence-electron chi connectivity index (χ2n) is 13.7. The molecule has 2 aliphatic carbocycles. The van der Waals surface area contributed by atoms with Gasteiger partial charge in [0, 0.05) is 58.6 Å². The van der Waals surface area contributed by atoms with Gasteiger partial charge in [-0.15, -0.1) is 0 Å². The lowest BCUT2D eigenvalue weighted by Gasteiger charge is -2.34. The van der Waals surface area contributed by atoms with Crippen LogP contribution in [0.1, 0.15) is 85.8 Å². The van der Waals surface area contributed by atoms with Crippen LogP contribution >= 0.6 is 0 Å². The average Bonchev–Trinajstić information content (AvgIpc) is 3.60. The zero-order valence-corrected chi connectivity index (χ0v) is 26.8. The fourth-order valence-electron chi connectivity index (χ4n) is 9.08. The molecule has 9 heteroatoms. The molecule has 0 amide bonds. The minimum absolute atomic E-state index is 0.0537. The number of hydrogen-bond acceptors (Lipinski definition) is 9. The first kappa shape index (κ1) is 30.6. The Kier molecular flexibility index (Phi) is 6.60. The standard InChI is InChI=1S/C42H32O9/c43-23-7-1-19(2-8-23)33-35(22-13-26(46)15-27(47)14-22)38-31(50)18-32-39-37(42(51-32)21-5-11-25(45)12-6-21)29-16-28(48)17-30(49)36(29)34(40(33)41(38)39)20-3-9-24(44)10-4-20/h1-18,33-35,37,40,42-50H/t33-,34-,35-,37+,40+,42+/m0/s1. The van der Waals surface area contributed by atoms with Gasteiger partial charge in [-0.05, 0) is 88.0 Å². The molecule has 0 spiro atoms. The predicted octanol–water partition coefficient (Wildman–Crippen LogP) is 7.76. The van der Waals surface area contributed by atoms with Crippen molar-refractivity contribution < 1.29 is 45.6 Å². The fraction of sp³-hybridized carbons (Fsp3) is 0.143. The monoisotopic (exact) mass is 680 g/mol. The van der Waals surface area contributed by atoms with Crippen molar-refractivity contribution in [3.63, 3.8) is 0 Å². The molecule has 0 unspecified atom stereocenters. The third-order valence-corrected chi connectivity index (χ3v) is 10.9. The van der Waals surface area contributed by atoms with Crippen LogP contribution in [0.5, 0.6) is 51.7 Å². The summed E-state index contributed by atoms with van der Waals surface area (Å²) in [7, 11) is 0. The summed E-state index contributed by atoms with van der Waals surface area (Å²) in [5.74, 6) is -3.02. The summed E-state index contributed by atoms with van der Waals surface area (Å²) in [6, 6.07) is 29.1. The molecule has 6 aromatic rings. The Morgan fingerprint density at radius 2 is 0.863 bits per heavy atom. The molecule has 6 aromatic carbocycles. The number of hydrogen-bond donors (Lipinski definition) is 8. The molecule has 0 fully saturated rings. The number of benzene rings is 6. The molecule has 6 atom stereocenters. The third kappa shape index (κ3) is 4.61. The van der Waals surface area contributed by atoms with Crippen LogP contribution in [0.2, 0.25) is 0 Å². The van der Waals surface area contributed by atoms with Gasteiger partial charge in [-0.3, -0.25) is 0 Å². The molecule has 9 rings (SSSR count). The molecular formula is C42H32O9. The van der Waals surface area contributed by atoms with Gasteiger partial charge in [-0.2, -0.15) is 0 Å². The Hall–Kier alpha value is -6.48. The van der Waals surface area contributed by atoms with E-state index >= 15 is 0 Å². The second kappa shape index (κ2) is 11.0. The molecule has 0 saturated heterocycles. The quantitative estimate of drug-likeness (QED) is 0.0927. The minimum atomic E-state index is -0.693. The Morgan fingerprint density at radius 1 is 0.353 bits per heavy atom.